The molecule has 38 heavy (non-hydrogen) atoms. The summed E-state index contributed by atoms with van der Waals surface area (Å²) in [5.74, 6) is 0.0726. The van der Waals surface area contributed by atoms with Gasteiger partial charge in [0.05, 0.1) is 19.2 Å². The second-order valence-corrected chi connectivity index (χ2v) is 10.3. The van der Waals surface area contributed by atoms with Crippen LogP contribution in [0.1, 0.15) is 56.0 Å². The highest BCUT2D eigenvalue weighted by molar-refractivity contribution is 5.68. The summed E-state index contributed by atoms with van der Waals surface area (Å²) >= 11 is 0. The number of methoxy groups -OCH3 is 1. The molecule has 3 aromatic rings. The molecule has 1 aromatic heterocycles. The van der Waals surface area contributed by atoms with Crippen LogP contribution in [-0.2, 0) is 17.8 Å². The standard InChI is InChI=1S/C27H31FN6O4/c1-27(2,16-30-32-29)14-25-23(31-33-34(25)24-12-19(37-3)9-10-22(24)28)15-38-20-6-4-5-18(11-20)21(13-26(35)36)17-7-8-17/h4-6,9-12,17,21H,7-8,13-16H2,1-3H3,(H,35,36)/t21-/m0/s1. The van der Waals surface area contributed by atoms with Crippen molar-refractivity contribution in [3.8, 4) is 17.2 Å². The normalized spacial score (nSPS) is 14.0. The van der Waals surface area contributed by atoms with Gasteiger partial charge in [-0.2, -0.15) is 0 Å². The molecular weight excluding hydrogens is 491 g/mol. The predicted octanol–water partition coefficient (Wildman–Crippen LogP) is 5.84. The Morgan fingerprint density at radius 2 is 2.08 bits per heavy atom. The van der Waals surface area contributed by atoms with Crippen molar-refractivity contribution in [2.75, 3.05) is 13.7 Å². The van der Waals surface area contributed by atoms with Crippen LogP contribution < -0.4 is 9.47 Å². The van der Waals surface area contributed by atoms with Gasteiger partial charge in [0.25, 0.3) is 0 Å². The Balaban J connectivity index is 1.63. The number of carbonyl (C=O) groups is 1. The maximum absolute atomic E-state index is 14.9. The van der Waals surface area contributed by atoms with Gasteiger partial charge in [0.1, 0.15) is 35.3 Å². The number of carboxylic acid groups (broad SMARTS) is 1. The molecule has 1 atom stereocenters. The fourth-order valence-corrected chi connectivity index (χ4v) is 4.56. The average Bonchev–Trinajstić information content (AvgIpc) is 3.67. The van der Waals surface area contributed by atoms with E-state index in [0.717, 1.165) is 18.4 Å². The van der Waals surface area contributed by atoms with Gasteiger partial charge in [0.15, 0.2) is 0 Å². The molecule has 11 heteroatoms. The monoisotopic (exact) mass is 522 g/mol. The third kappa shape index (κ3) is 6.60. The van der Waals surface area contributed by atoms with Gasteiger partial charge in [-0.3, -0.25) is 4.79 Å². The van der Waals surface area contributed by atoms with Crippen LogP contribution in [0.4, 0.5) is 4.39 Å². The molecule has 1 N–H and O–H groups in total. The zero-order chi connectivity index (χ0) is 27.3. The largest absolute Gasteiger partial charge is 0.497 e. The lowest BCUT2D eigenvalue weighted by Gasteiger charge is -2.23. The molecule has 1 saturated carbocycles. The molecule has 1 fully saturated rings. The number of nitrogens with zero attached hydrogens (tertiary/aromatic N) is 6. The number of azide groups is 1. The number of benzene rings is 2. The molecule has 4 rings (SSSR count). The number of ether oxygens (including phenoxy) is 2. The van der Waals surface area contributed by atoms with Gasteiger partial charge < -0.3 is 14.6 Å². The Morgan fingerprint density at radius 1 is 1.29 bits per heavy atom. The van der Waals surface area contributed by atoms with Crippen LogP contribution in [0.2, 0.25) is 0 Å². The van der Waals surface area contributed by atoms with Crippen molar-refractivity contribution in [2.45, 2.75) is 52.1 Å². The van der Waals surface area contributed by atoms with Gasteiger partial charge in [0, 0.05) is 17.5 Å². The van der Waals surface area contributed by atoms with Crippen LogP contribution in [0.25, 0.3) is 16.1 Å². The minimum absolute atomic E-state index is 0.0509. The molecule has 1 aliphatic carbocycles. The van der Waals surface area contributed by atoms with E-state index in [0.29, 0.717) is 35.2 Å². The Bertz CT molecular complexity index is 1350. The van der Waals surface area contributed by atoms with E-state index in [4.69, 9.17) is 15.0 Å². The molecule has 0 unspecified atom stereocenters. The summed E-state index contributed by atoms with van der Waals surface area (Å²) in [6.45, 7) is 4.17. The minimum atomic E-state index is -0.817. The van der Waals surface area contributed by atoms with Gasteiger partial charge >= 0.3 is 5.97 Å². The summed E-state index contributed by atoms with van der Waals surface area (Å²) in [6, 6.07) is 11.9. The van der Waals surface area contributed by atoms with E-state index in [1.54, 1.807) is 6.07 Å². The number of aromatic nitrogens is 3. The SMILES string of the molecule is COc1ccc(F)c(-n2nnc(COc3cccc([C@@H](CC(=O)O)C4CC4)c3)c2CC(C)(C)CN=[N+]=[N-])c1. The van der Waals surface area contributed by atoms with Crippen molar-refractivity contribution in [2.24, 2.45) is 16.4 Å². The molecule has 0 saturated heterocycles. The first kappa shape index (κ1) is 26.9. The zero-order valence-electron chi connectivity index (χ0n) is 21.7. The molecule has 0 amide bonds. The predicted molar refractivity (Wildman–Crippen MR) is 138 cm³/mol. The molecule has 0 bridgehead atoms. The van der Waals surface area contributed by atoms with E-state index in [1.165, 1.54) is 23.9 Å². The lowest BCUT2D eigenvalue weighted by Crippen LogP contribution is -2.22. The first-order valence-electron chi connectivity index (χ1n) is 12.4. The van der Waals surface area contributed by atoms with E-state index in [1.807, 2.05) is 38.1 Å². The Kier molecular flexibility index (Phi) is 8.16. The molecule has 0 radical (unpaired) electrons. The van der Waals surface area contributed by atoms with Crippen LogP contribution in [0.15, 0.2) is 47.6 Å². The van der Waals surface area contributed by atoms with Crippen molar-refractivity contribution < 1.29 is 23.8 Å². The fraction of sp³-hybridized carbons (Fsp3) is 0.444. The van der Waals surface area contributed by atoms with E-state index in [9.17, 15) is 14.3 Å². The van der Waals surface area contributed by atoms with Crippen LogP contribution in [0.3, 0.4) is 0 Å². The lowest BCUT2D eigenvalue weighted by atomic mass is 9.87. The third-order valence-corrected chi connectivity index (χ3v) is 6.68. The summed E-state index contributed by atoms with van der Waals surface area (Å²) in [6.07, 6.45) is 2.53. The first-order chi connectivity index (χ1) is 18.2. The van der Waals surface area contributed by atoms with Gasteiger partial charge in [-0.05, 0) is 71.9 Å². The van der Waals surface area contributed by atoms with Gasteiger partial charge in [-0.1, -0.05) is 36.3 Å². The van der Waals surface area contributed by atoms with Crippen LogP contribution >= 0.6 is 0 Å². The number of hydrogen-bond donors (Lipinski definition) is 1. The first-order valence-corrected chi connectivity index (χ1v) is 12.4. The summed E-state index contributed by atoms with van der Waals surface area (Å²) in [7, 11) is 1.50. The third-order valence-electron chi connectivity index (χ3n) is 6.68. The number of rotatable bonds is 13. The maximum atomic E-state index is 14.9. The van der Waals surface area contributed by atoms with Gasteiger partial charge in [-0.25, -0.2) is 9.07 Å². The van der Waals surface area contributed by atoms with Crippen molar-refractivity contribution in [1.82, 2.24) is 15.0 Å². The van der Waals surface area contributed by atoms with Crippen LogP contribution in [0.5, 0.6) is 11.5 Å². The number of hydrogen-bond acceptors (Lipinski definition) is 6. The van der Waals surface area contributed by atoms with E-state index in [2.05, 4.69) is 20.3 Å². The number of aliphatic carboxylic acids is 1. The van der Waals surface area contributed by atoms with E-state index in [-0.39, 0.29) is 31.2 Å². The highest BCUT2D eigenvalue weighted by Gasteiger charge is 2.34. The molecule has 10 nitrogen and oxygen atoms in total. The Hall–Kier alpha value is -4.11. The molecule has 1 aliphatic rings. The number of halogens is 1. The van der Waals surface area contributed by atoms with Crippen molar-refractivity contribution in [3.05, 3.63) is 75.7 Å². The quantitative estimate of drug-likeness (QED) is 0.170. The topological polar surface area (TPSA) is 135 Å². The summed E-state index contributed by atoms with van der Waals surface area (Å²) < 4.78 is 27.6. The second kappa shape index (κ2) is 11.5. The summed E-state index contributed by atoms with van der Waals surface area (Å²) in [4.78, 5) is 14.3. The van der Waals surface area contributed by atoms with Crippen molar-refractivity contribution in [3.63, 3.8) is 0 Å². The highest BCUT2D eigenvalue weighted by atomic mass is 19.1. The van der Waals surface area contributed by atoms with Crippen LogP contribution in [-0.4, -0.2) is 39.7 Å². The molecule has 0 spiro atoms. The Morgan fingerprint density at radius 3 is 2.76 bits per heavy atom. The molecule has 1 heterocycles. The fourth-order valence-electron chi connectivity index (χ4n) is 4.56. The molecular formula is C27H31FN6O4. The smallest absolute Gasteiger partial charge is 0.303 e. The van der Waals surface area contributed by atoms with Crippen molar-refractivity contribution >= 4 is 5.97 Å². The molecule has 200 valence electrons. The molecule has 0 aliphatic heterocycles. The zero-order valence-corrected chi connectivity index (χ0v) is 21.7. The maximum Gasteiger partial charge on any atom is 0.303 e. The van der Waals surface area contributed by atoms with Crippen molar-refractivity contribution in [1.29, 1.82) is 0 Å². The van der Waals surface area contributed by atoms with E-state index < -0.39 is 17.2 Å². The van der Waals surface area contributed by atoms with Crippen LogP contribution in [0, 0.1) is 17.2 Å². The summed E-state index contributed by atoms with van der Waals surface area (Å²) in [5, 5.41) is 21.6. The summed E-state index contributed by atoms with van der Waals surface area (Å²) in [5.41, 5.74) is 10.6. The van der Waals surface area contributed by atoms with E-state index >= 15 is 0 Å². The average molecular weight is 523 g/mol. The van der Waals surface area contributed by atoms with Gasteiger partial charge in [-0.15, -0.1) is 5.10 Å². The minimum Gasteiger partial charge on any atom is -0.497 e. The molecule has 2 aromatic carbocycles. The van der Waals surface area contributed by atoms with Gasteiger partial charge in [0.2, 0.25) is 0 Å². The lowest BCUT2D eigenvalue weighted by molar-refractivity contribution is -0.137. The number of carboxylic acids is 1. The Labute approximate surface area is 220 Å². The highest BCUT2D eigenvalue weighted by Crippen LogP contribution is 2.45. The second-order valence-electron chi connectivity index (χ2n) is 10.3.